The maximum Gasteiger partial charge on any atom is 0.312 e. The van der Waals surface area contributed by atoms with E-state index in [1.165, 1.54) is 18.4 Å². The van der Waals surface area contributed by atoms with Crippen LogP contribution in [0.3, 0.4) is 0 Å². The van der Waals surface area contributed by atoms with Crippen molar-refractivity contribution in [2.45, 2.75) is 38.5 Å². The quantitative estimate of drug-likeness (QED) is 0.856. The second-order valence-corrected chi connectivity index (χ2v) is 5.39. The third kappa shape index (κ3) is 3.80. The van der Waals surface area contributed by atoms with E-state index in [1.807, 2.05) is 12.1 Å². The number of aliphatic carboxylic acids is 1. The van der Waals surface area contributed by atoms with E-state index in [1.54, 1.807) is 0 Å². The molecular formula is C16H23NO2. The molecule has 1 aromatic rings. The molecule has 1 saturated heterocycles. The second-order valence-electron chi connectivity index (χ2n) is 5.39. The van der Waals surface area contributed by atoms with Crippen LogP contribution in [0.2, 0.25) is 0 Å². The van der Waals surface area contributed by atoms with Gasteiger partial charge in [0.15, 0.2) is 0 Å². The summed E-state index contributed by atoms with van der Waals surface area (Å²) < 4.78 is 0. The molecular weight excluding hydrogens is 238 g/mol. The zero-order valence-corrected chi connectivity index (χ0v) is 11.6. The summed E-state index contributed by atoms with van der Waals surface area (Å²) in [5.41, 5.74) is 2.22. The molecule has 0 bridgehead atoms. The number of aryl methyl sites for hydroxylation is 1. The molecule has 1 atom stereocenters. The summed E-state index contributed by atoms with van der Waals surface area (Å²) in [5, 5.41) is 9.43. The summed E-state index contributed by atoms with van der Waals surface area (Å²) in [5.74, 6) is -1.11. The number of rotatable bonds is 6. The average Bonchev–Trinajstić information content (AvgIpc) is 2.90. The number of carboxylic acids is 1. The highest BCUT2D eigenvalue weighted by Gasteiger charge is 2.24. The minimum atomic E-state index is -0.713. The zero-order chi connectivity index (χ0) is 13.7. The number of likely N-dealkylation sites (tertiary alicyclic amines) is 1. The molecule has 1 aromatic carbocycles. The van der Waals surface area contributed by atoms with Gasteiger partial charge in [-0.3, -0.25) is 4.79 Å². The van der Waals surface area contributed by atoms with E-state index < -0.39 is 11.9 Å². The molecule has 19 heavy (non-hydrogen) atoms. The first-order valence-corrected chi connectivity index (χ1v) is 7.24. The first-order valence-electron chi connectivity index (χ1n) is 7.24. The Bertz CT molecular complexity index is 407. The SMILES string of the molecule is CCCc1ccc(C(CN2CCCC2)C(=O)O)cc1. The number of nitrogens with zero attached hydrogens (tertiary/aromatic N) is 1. The Balaban J connectivity index is 2.07. The summed E-state index contributed by atoms with van der Waals surface area (Å²) in [6.45, 7) is 4.87. The van der Waals surface area contributed by atoms with Gasteiger partial charge in [-0.05, 0) is 43.5 Å². The van der Waals surface area contributed by atoms with E-state index >= 15 is 0 Å². The highest BCUT2D eigenvalue weighted by Crippen LogP contribution is 2.21. The van der Waals surface area contributed by atoms with Crippen molar-refractivity contribution in [1.29, 1.82) is 0 Å². The van der Waals surface area contributed by atoms with Crippen LogP contribution in [-0.4, -0.2) is 35.6 Å². The van der Waals surface area contributed by atoms with Crippen LogP contribution < -0.4 is 0 Å². The lowest BCUT2D eigenvalue weighted by molar-refractivity contribution is -0.139. The Labute approximate surface area is 115 Å². The van der Waals surface area contributed by atoms with Gasteiger partial charge in [-0.2, -0.15) is 0 Å². The topological polar surface area (TPSA) is 40.5 Å². The van der Waals surface area contributed by atoms with Gasteiger partial charge in [-0.25, -0.2) is 0 Å². The zero-order valence-electron chi connectivity index (χ0n) is 11.6. The first kappa shape index (κ1) is 14.1. The Morgan fingerprint density at radius 3 is 2.42 bits per heavy atom. The summed E-state index contributed by atoms with van der Waals surface area (Å²) >= 11 is 0. The second kappa shape index (κ2) is 6.71. The van der Waals surface area contributed by atoms with E-state index in [-0.39, 0.29) is 0 Å². The van der Waals surface area contributed by atoms with E-state index in [9.17, 15) is 9.90 Å². The highest BCUT2D eigenvalue weighted by atomic mass is 16.4. The van der Waals surface area contributed by atoms with Crippen LogP contribution in [0.5, 0.6) is 0 Å². The first-order chi connectivity index (χ1) is 9.20. The van der Waals surface area contributed by atoms with Gasteiger partial charge in [0.25, 0.3) is 0 Å². The number of carbonyl (C=O) groups is 1. The largest absolute Gasteiger partial charge is 0.481 e. The van der Waals surface area contributed by atoms with Crippen molar-refractivity contribution in [1.82, 2.24) is 4.90 Å². The molecule has 1 fully saturated rings. The Hall–Kier alpha value is -1.35. The van der Waals surface area contributed by atoms with Crippen LogP contribution in [0.1, 0.15) is 43.2 Å². The minimum Gasteiger partial charge on any atom is -0.481 e. The molecule has 0 aliphatic carbocycles. The van der Waals surface area contributed by atoms with Crippen molar-refractivity contribution in [2.24, 2.45) is 0 Å². The molecule has 0 spiro atoms. The number of benzene rings is 1. The van der Waals surface area contributed by atoms with Gasteiger partial charge in [0.05, 0.1) is 5.92 Å². The fraction of sp³-hybridized carbons (Fsp3) is 0.562. The normalized spacial score (nSPS) is 17.5. The molecule has 0 aromatic heterocycles. The predicted octanol–water partition coefficient (Wildman–Crippen LogP) is 2.90. The fourth-order valence-corrected chi connectivity index (χ4v) is 2.75. The van der Waals surface area contributed by atoms with Crippen LogP contribution in [-0.2, 0) is 11.2 Å². The summed E-state index contributed by atoms with van der Waals surface area (Å²) in [4.78, 5) is 13.7. The lowest BCUT2D eigenvalue weighted by Crippen LogP contribution is -2.29. The molecule has 3 heteroatoms. The lowest BCUT2D eigenvalue weighted by Gasteiger charge is -2.20. The van der Waals surface area contributed by atoms with Crippen molar-refractivity contribution in [3.8, 4) is 0 Å². The third-order valence-electron chi connectivity index (χ3n) is 3.86. The fourth-order valence-electron chi connectivity index (χ4n) is 2.75. The molecule has 2 rings (SSSR count). The van der Waals surface area contributed by atoms with Gasteiger partial charge in [0, 0.05) is 6.54 Å². The van der Waals surface area contributed by atoms with E-state index in [0.717, 1.165) is 31.5 Å². The van der Waals surface area contributed by atoms with Gasteiger partial charge in [-0.15, -0.1) is 0 Å². The van der Waals surface area contributed by atoms with Gasteiger partial charge >= 0.3 is 5.97 Å². The van der Waals surface area contributed by atoms with E-state index in [2.05, 4.69) is 24.0 Å². The van der Waals surface area contributed by atoms with Crippen molar-refractivity contribution in [3.63, 3.8) is 0 Å². The van der Waals surface area contributed by atoms with E-state index in [4.69, 9.17) is 0 Å². The number of hydrogen-bond donors (Lipinski definition) is 1. The standard InChI is InChI=1S/C16H23NO2/c1-2-5-13-6-8-14(9-7-13)15(16(18)19)12-17-10-3-4-11-17/h6-9,15H,2-5,10-12H2,1H3,(H,18,19). The van der Waals surface area contributed by atoms with Crippen molar-refractivity contribution >= 4 is 5.97 Å². The minimum absolute atomic E-state index is 0.395. The van der Waals surface area contributed by atoms with Gasteiger partial charge < -0.3 is 10.0 Å². The maximum absolute atomic E-state index is 11.5. The van der Waals surface area contributed by atoms with Crippen LogP contribution in [0, 0.1) is 0 Å². The molecule has 104 valence electrons. The summed E-state index contributed by atoms with van der Waals surface area (Å²) in [6, 6.07) is 8.11. The molecule has 1 aliphatic heterocycles. The maximum atomic E-state index is 11.5. The van der Waals surface area contributed by atoms with Crippen molar-refractivity contribution < 1.29 is 9.90 Å². The molecule has 1 heterocycles. The molecule has 3 nitrogen and oxygen atoms in total. The Kier molecular flexibility index (Phi) is 4.97. The monoisotopic (exact) mass is 261 g/mol. The molecule has 0 saturated carbocycles. The molecule has 1 unspecified atom stereocenters. The number of hydrogen-bond acceptors (Lipinski definition) is 2. The van der Waals surface area contributed by atoms with Gasteiger partial charge in [-0.1, -0.05) is 37.6 Å². The predicted molar refractivity (Wildman–Crippen MR) is 76.5 cm³/mol. The molecule has 1 N–H and O–H groups in total. The Morgan fingerprint density at radius 1 is 1.26 bits per heavy atom. The van der Waals surface area contributed by atoms with Crippen LogP contribution in [0.25, 0.3) is 0 Å². The lowest BCUT2D eigenvalue weighted by atomic mass is 9.96. The molecule has 1 aliphatic rings. The van der Waals surface area contributed by atoms with Gasteiger partial charge in [0.1, 0.15) is 0 Å². The van der Waals surface area contributed by atoms with Crippen molar-refractivity contribution in [2.75, 3.05) is 19.6 Å². The average molecular weight is 261 g/mol. The Morgan fingerprint density at radius 2 is 1.89 bits per heavy atom. The summed E-state index contributed by atoms with van der Waals surface area (Å²) in [6.07, 6.45) is 4.57. The van der Waals surface area contributed by atoms with E-state index in [0.29, 0.717) is 6.54 Å². The molecule has 0 amide bonds. The number of carboxylic acid groups (broad SMARTS) is 1. The van der Waals surface area contributed by atoms with Gasteiger partial charge in [0.2, 0.25) is 0 Å². The highest BCUT2D eigenvalue weighted by molar-refractivity contribution is 5.76. The van der Waals surface area contributed by atoms with Crippen LogP contribution >= 0.6 is 0 Å². The van der Waals surface area contributed by atoms with Crippen LogP contribution in [0.4, 0.5) is 0 Å². The summed E-state index contributed by atoms with van der Waals surface area (Å²) in [7, 11) is 0. The molecule has 0 radical (unpaired) electrons. The smallest absolute Gasteiger partial charge is 0.312 e. The third-order valence-corrected chi connectivity index (χ3v) is 3.86. The van der Waals surface area contributed by atoms with Crippen LogP contribution in [0.15, 0.2) is 24.3 Å². The van der Waals surface area contributed by atoms with Crippen molar-refractivity contribution in [3.05, 3.63) is 35.4 Å².